The van der Waals surface area contributed by atoms with Crippen LogP contribution in [-0.4, -0.2) is 9.38 Å². The van der Waals surface area contributed by atoms with Gasteiger partial charge in [0.25, 0.3) is 0 Å². The zero-order valence-corrected chi connectivity index (χ0v) is 9.61. The first kappa shape index (κ1) is 10.2. The monoisotopic (exact) mass is 244 g/mol. The molecule has 0 amide bonds. The summed E-state index contributed by atoms with van der Waals surface area (Å²) in [5.41, 5.74) is 2.68. The van der Waals surface area contributed by atoms with Crippen LogP contribution in [0.2, 0.25) is 5.02 Å². The van der Waals surface area contributed by atoms with E-state index in [-0.39, 0.29) is 5.43 Å². The molecule has 17 heavy (non-hydrogen) atoms. The molecule has 1 N–H and O–H groups in total. The molecule has 84 valence electrons. The van der Waals surface area contributed by atoms with Crippen molar-refractivity contribution in [2.75, 3.05) is 0 Å². The van der Waals surface area contributed by atoms with E-state index in [1.54, 1.807) is 12.3 Å². The van der Waals surface area contributed by atoms with Gasteiger partial charge in [0.1, 0.15) is 5.65 Å². The summed E-state index contributed by atoms with van der Waals surface area (Å²) in [6.07, 6.45) is 3.67. The number of hydrogen-bond donors (Lipinski definition) is 1. The summed E-state index contributed by atoms with van der Waals surface area (Å²) in [5, 5.41) is 0.690. The van der Waals surface area contributed by atoms with Gasteiger partial charge in [-0.3, -0.25) is 4.79 Å². The van der Waals surface area contributed by atoms with E-state index in [0.29, 0.717) is 5.02 Å². The van der Waals surface area contributed by atoms with Crippen LogP contribution in [0.4, 0.5) is 0 Å². The Morgan fingerprint density at radius 2 is 2.06 bits per heavy atom. The first-order valence-electron chi connectivity index (χ1n) is 5.19. The van der Waals surface area contributed by atoms with Crippen molar-refractivity contribution >= 4 is 17.2 Å². The number of H-pyrrole nitrogens is 1. The molecule has 3 nitrogen and oxygen atoms in total. The number of rotatable bonds is 1. The predicted octanol–water partition coefficient (Wildman–Crippen LogP) is 2.95. The molecule has 0 aliphatic rings. The van der Waals surface area contributed by atoms with Gasteiger partial charge >= 0.3 is 0 Å². The smallest absolute Gasteiger partial charge is 0.183 e. The van der Waals surface area contributed by atoms with Crippen LogP contribution >= 0.6 is 11.6 Å². The van der Waals surface area contributed by atoms with Gasteiger partial charge in [-0.2, -0.15) is 0 Å². The molecule has 0 radical (unpaired) electrons. The predicted molar refractivity (Wildman–Crippen MR) is 68.5 cm³/mol. The van der Waals surface area contributed by atoms with Crippen LogP contribution in [0.1, 0.15) is 0 Å². The number of imidazole rings is 1. The lowest BCUT2D eigenvalue weighted by atomic mass is 10.2. The Morgan fingerprint density at radius 3 is 2.88 bits per heavy atom. The maximum atomic E-state index is 11.2. The lowest BCUT2D eigenvalue weighted by Crippen LogP contribution is -1.97. The largest absolute Gasteiger partial charge is 0.340 e. The van der Waals surface area contributed by atoms with Crippen molar-refractivity contribution in [1.29, 1.82) is 0 Å². The number of halogens is 1. The molecule has 2 heterocycles. The molecule has 2 aromatic heterocycles. The van der Waals surface area contributed by atoms with Gasteiger partial charge in [-0.25, -0.2) is 0 Å². The quantitative estimate of drug-likeness (QED) is 0.702. The van der Waals surface area contributed by atoms with Crippen LogP contribution in [0.15, 0.2) is 53.6 Å². The SMILES string of the molecule is O=c1ccn2cc(-c3cccc(Cl)c3)[nH]c2c1. The van der Waals surface area contributed by atoms with E-state index < -0.39 is 0 Å². The molecule has 0 unspecified atom stereocenters. The second-order valence-electron chi connectivity index (χ2n) is 3.83. The molecule has 3 aromatic rings. The molecule has 0 fully saturated rings. The number of hydrogen-bond acceptors (Lipinski definition) is 1. The Balaban J connectivity index is 2.21. The average molecular weight is 245 g/mol. The number of benzene rings is 1. The molecule has 0 spiro atoms. The lowest BCUT2D eigenvalue weighted by molar-refractivity contribution is 1.18. The molecule has 0 saturated carbocycles. The minimum atomic E-state index is -0.00973. The third kappa shape index (κ3) is 1.85. The van der Waals surface area contributed by atoms with Crippen LogP contribution in [0.5, 0.6) is 0 Å². The minimum Gasteiger partial charge on any atom is -0.340 e. The van der Waals surface area contributed by atoms with E-state index in [2.05, 4.69) is 4.98 Å². The first-order valence-corrected chi connectivity index (χ1v) is 5.57. The second kappa shape index (κ2) is 3.79. The van der Waals surface area contributed by atoms with Crippen LogP contribution in [0.3, 0.4) is 0 Å². The van der Waals surface area contributed by atoms with Crippen LogP contribution < -0.4 is 5.43 Å². The highest BCUT2D eigenvalue weighted by molar-refractivity contribution is 6.30. The van der Waals surface area contributed by atoms with Crippen molar-refractivity contribution in [2.24, 2.45) is 0 Å². The Labute approximate surface area is 102 Å². The van der Waals surface area contributed by atoms with E-state index >= 15 is 0 Å². The van der Waals surface area contributed by atoms with Crippen LogP contribution in [-0.2, 0) is 0 Å². The van der Waals surface area contributed by atoms with E-state index in [4.69, 9.17) is 11.6 Å². The topological polar surface area (TPSA) is 37.3 Å². The molecule has 1 aromatic carbocycles. The van der Waals surface area contributed by atoms with Crippen molar-refractivity contribution in [3.8, 4) is 11.3 Å². The molecular weight excluding hydrogens is 236 g/mol. The summed E-state index contributed by atoms with van der Waals surface area (Å²) in [7, 11) is 0. The fourth-order valence-electron chi connectivity index (χ4n) is 1.82. The summed E-state index contributed by atoms with van der Waals surface area (Å²) in [6.45, 7) is 0. The Bertz CT molecular complexity index is 742. The normalized spacial score (nSPS) is 10.9. The fourth-order valence-corrected chi connectivity index (χ4v) is 2.01. The van der Waals surface area contributed by atoms with Crippen molar-refractivity contribution in [2.45, 2.75) is 0 Å². The zero-order valence-electron chi connectivity index (χ0n) is 8.85. The highest BCUT2D eigenvalue weighted by Crippen LogP contribution is 2.21. The van der Waals surface area contributed by atoms with Gasteiger partial charge in [-0.05, 0) is 12.1 Å². The van der Waals surface area contributed by atoms with Gasteiger partial charge in [-0.15, -0.1) is 0 Å². The average Bonchev–Trinajstić information content (AvgIpc) is 2.72. The van der Waals surface area contributed by atoms with Crippen molar-refractivity contribution in [1.82, 2.24) is 9.38 Å². The molecule has 0 aliphatic heterocycles. The molecule has 0 bridgehead atoms. The van der Waals surface area contributed by atoms with E-state index in [1.165, 1.54) is 6.07 Å². The van der Waals surface area contributed by atoms with E-state index in [0.717, 1.165) is 16.9 Å². The highest BCUT2D eigenvalue weighted by Gasteiger charge is 2.03. The number of nitrogens with one attached hydrogen (secondary N) is 1. The summed E-state index contributed by atoms with van der Waals surface area (Å²) < 4.78 is 1.87. The summed E-state index contributed by atoms with van der Waals surface area (Å²) in [5.74, 6) is 0. The van der Waals surface area contributed by atoms with E-state index in [9.17, 15) is 4.79 Å². The van der Waals surface area contributed by atoms with Gasteiger partial charge < -0.3 is 9.38 Å². The lowest BCUT2D eigenvalue weighted by Gasteiger charge is -1.96. The van der Waals surface area contributed by atoms with Gasteiger partial charge in [0.05, 0.1) is 5.69 Å². The standard InChI is InChI=1S/C13H9ClN2O/c14-10-3-1-2-9(6-10)12-8-16-5-4-11(17)7-13(16)15-12/h1-8,15H. The number of fused-ring (bicyclic) bond motifs is 1. The molecule has 0 saturated heterocycles. The Kier molecular flexibility index (Phi) is 2.27. The highest BCUT2D eigenvalue weighted by atomic mass is 35.5. The first-order chi connectivity index (χ1) is 8.22. The fraction of sp³-hybridized carbons (Fsp3) is 0. The molecule has 3 rings (SSSR count). The maximum Gasteiger partial charge on any atom is 0.183 e. The summed E-state index contributed by atoms with van der Waals surface area (Å²) >= 11 is 5.95. The summed E-state index contributed by atoms with van der Waals surface area (Å²) in [4.78, 5) is 14.4. The van der Waals surface area contributed by atoms with E-state index in [1.807, 2.05) is 34.9 Å². The van der Waals surface area contributed by atoms with Crippen molar-refractivity contribution in [3.63, 3.8) is 0 Å². The minimum absolute atomic E-state index is 0.00973. The van der Waals surface area contributed by atoms with Crippen LogP contribution in [0.25, 0.3) is 16.9 Å². The van der Waals surface area contributed by atoms with Crippen molar-refractivity contribution in [3.05, 3.63) is 64.0 Å². The molecule has 0 atom stereocenters. The second-order valence-corrected chi connectivity index (χ2v) is 4.27. The van der Waals surface area contributed by atoms with Gasteiger partial charge in [0.15, 0.2) is 5.43 Å². The zero-order chi connectivity index (χ0) is 11.8. The number of aromatic amines is 1. The van der Waals surface area contributed by atoms with Crippen LogP contribution in [0, 0.1) is 0 Å². The van der Waals surface area contributed by atoms with Gasteiger partial charge in [0.2, 0.25) is 0 Å². The van der Waals surface area contributed by atoms with Gasteiger partial charge in [-0.1, -0.05) is 23.7 Å². The Hall–Kier alpha value is -2.00. The molecular formula is C13H9ClN2O. The molecule has 4 heteroatoms. The third-order valence-electron chi connectivity index (χ3n) is 2.62. The summed E-state index contributed by atoms with van der Waals surface area (Å²) in [6, 6.07) is 10.7. The maximum absolute atomic E-state index is 11.2. The third-order valence-corrected chi connectivity index (χ3v) is 2.86. The molecule has 0 aliphatic carbocycles. The number of pyridine rings is 1. The number of nitrogens with zero attached hydrogens (tertiary/aromatic N) is 1. The van der Waals surface area contributed by atoms with Gasteiger partial charge in [0, 0.05) is 35.1 Å². The number of aromatic nitrogens is 2. The Morgan fingerprint density at radius 1 is 1.18 bits per heavy atom. The van der Waals surface area contributed by atoms with Crippen molar-refractivity contribution < 1.29 is 0 Å².